The van der Waals surface area contributed by atoms with Crippen LogP contribution in [0.25, 0.3) is 0 Å². The second-order valence-electron chi connectivity index (χ2n) is 6.23. The third-order valence-electron chi connectivity index (χ3n) is 4.59. The standard InChI is InChI=1S/C18H20N4O2/c23-18(14-5-1-2-6-14)21-10-15-9-19-13-22(15)16(11-21)12-24-17-7-3-4-8-20-17/h3-5,7-9,13,16H,1-2,6,10-12H2. The van der Waals surface area contributed by atoms with Crippen molar-refractivity contribution in [3.8, 4) is 5.88 Å². The van der Waals surface area contributed by atoms with Crippen LogP contribution in [0.2, 0.25) is 0 Å². The number of rotatable bonds is 4. The molecule has 124 valence electrons. The van der Waals surface area contributed by atoms with Gasteiger partial charge in [0, 0.05) is 30.6 Å². The van der Waals surface area contributed by atoms with Crippen LogP contribution in [0, 0.1) is 0 Å². The van der Waals surface area contributed by atoms with Gasteiger partial charge in [-0.25, -0.2) is 9.97 Å². The number of nitrogens with zero attached hydrogens (tertiary/aromatic N) is 4. The van der Waals surface area contributed by atoms with Gasteiger partial charge in [-0.05, 0) is 25.3 Å². The van der Waals surface area contributed by atoms with Gasteiger partial charge in [0.25, 0.3) is 0 Å². The number of hydrogen-bond donors (Lipinski definition) is 0. The number of pyridine rings is 1. The second kappa shape index (κ2) is 6.47. The van der Waals surface area contributed by atoms with Gasteiger partial charge in [0.15, 0.2) is 0 Å². The SMILES string of the molecule is O=C(C1=CCCC1)N1Cc2cncn2C(COc2ccccn2)C1. The first-order valence-electron chi connectivity index (χ1n) is 8.34. The molecule has 0 fully saturated rings. The molecule has 0 radical (unpaired) electrons. The smallest absolute Gasteiger partial charge is 0.249 e. The van der Waals surface area contributed by atoms with Crippen molar-refractivity contribution in [2.75, 3.05) is 13.2 Å². The molecule has 1 unspecified atom stereocenters. The molecule has 24 heavy (non-hydrogen) atoms. The molecule has 0 saturated carbocycles. The summed E-state index contributed by atoms with van der Waals surface area (Å²) in [5, 5.41) is 0. The molecule has 1 aliphatic carbocycles. The fraction of sp³-hybridized carbons (Fsp3) is 0.389. The molecule has 6 nitrogen and oxygen atoms in total. The highest BCUT2D eigenvalue weighted by Gasteiger charge is 2.30. The van der Waals surface area contributed by atoms with Crippen LogP contribution in [-0.2, 0) is 11.3 Å². The average molecular weight is 324 g/mol. The average Bonchev–Trinajstić information content (AvgIpc) is 3.31. The van der Waals surface area contributed by atoms with Crippen LogP contribution in [0.5, 0.6) is 5.88 Å². The zero-order valence-corrected chi connectivity index (χ0v) is 13.5. The highest BCUT2D eigenvalue weighted by Crippen LogP contribution is 2.26. The van der Waals surface area contributed by atoms with Gasteiger partial charge in [-0.2, -0.15) is 0 Å². The number of carbonyl (C=O) groups excluding carboxylic acids is 1. The number of imidazole rings is 1. The first-order valence-corrected chi connectivity index (χ1v) is 8.34. The van der Waals surface area contributed by atoms with Crippen molar-refractivity contribution in [2.24, 2.45) is 0 Å². The normalized spacial score (nSPS) is 19.8. The fourth-order valence-electron chi connectivity index (χ4n) is 3.36. The minimum atomic E-state index is 0.0456. The lowest BCUT2D eigenvalue weighted by molar-refractivity contribution is -0.129. The van der Waals surface area contributed by atoms with Crippen LogP contribution < -0.4 is 4.74 Å². The van der Waals surface area contributed by atoms with E-state index < -0.39 is 0 Å². The molecule has 0 spiro atoms. The number of aromatic nitrogens is 3. The summed E-state index contributed by atoms with van der Waals surface area (Å²) in [5.74, 6) is 0.754. The summed E-state index contributed by atoms with van der Waals surface area (Å²) in [4.78, 5) is 23.1. The van der Waals surface area contributed by atoms with Crippen molar-refractivity contribution in [1.29, 1.82) is 0 Å². The Bertz CT molecular complexity index is 753. The van der Waals surface area contributed by atoms with Gasteiger partial charge < -0.3 is 14.2 Å². The van der Waals surface area contributed by atoms with Gasteiger partial charge in [-0.3, -0.25) is 4.79 Å². The van der Waals surface area contributed by atoms with Crippen LogP contribution in [0.15, 0.2) is 48.6 Å². The lowest BCUT2D eigenvalue weighted by Gasteiger charge is -2.34. The fourth-order valence-corrected chi connectivity index (χ4v) is 3.36. The molecule has 4 rings (SSSR count). The van der Waals surface area contributed by atoms with Crippen molar-refractivity contribution in [3.05, 3.63) is 54.3 Å². The van der Waals surface area contributed by atoms with E-state index in [2.05, 4.69) is 20.6 Å². The molecule has 1 atom stereocenters. The predicted molar refractivity (Wildman–Crippen MR) is 88.3 cm³/mol. The summed E-state index contributed by atoms with van der Waals surface area (Å²) in [7, 11) is 0. The number of carbonyl (C=O) groups is 1. The number of amides is 1. The van der Waals surface area contributed by atoms with E-state index in [0.717, 1.165) is 30.5 Å². The molecule has 0 saturated heterocycles. The Labute approximate surface area is 140 Å². The Kier molecular flexibility index (Phi) is 4.02. The second-order valence-corrected chi connectivity index (χ2v) is 6.23. The van der Waals surface area contributed by atoms with E-state index in [1.807, 2.05) is 35.6 Å². The highest BCUT2D eigenvalue weighted by atomic mass is 16.5. The summed E-state index contributed by atoms with van der Waals surface area (Å²) in [5.41, 5.74) is 2.00. The molecule has 0 N–H and O–H groups in total. The molecular formula is C18H20N4O2. The van der Waals surface area contributed by atoms with Gasteiger partial charge in [0.2, 0.25) is 11.8 Å². The summed E-state index contributed by atoms with van der Waals surface area (Å²) >= 11 is 0. The molecule has 2 aromatic rings. The molecule has 0 aromatic carbocycles. The predicted octanol–water partition coefficient (Wildman–Crippen LogP) is 2.35. The zero-order valence-electron chi connectivity index (χ0n) is 13.5. The van der Waals surface area contributed by atoms with Crippen molar-refractivity contribution >= 4 is 5.91 Å². The van der Waals surface area contributed by atoms with Crippen molar-refractivity contribution in [2.45, 2.75) is 31.8 Å². The Balaban J connectivity index is 1.50. The van der Waals surface area contributed by atoms with Crippen LogP contribution in [0.3, 0.4) is 0 Å². The van der Waals surface area contributed by atoms with Crippen molar-refractivity contribution in [3.63, 3.8) is 0 Å². The lowest BCUT2D eigenvalue weighted by atomic mass is 10.1. The molecule has 1 amide bonds. The van der Waals surface area contributed by atoms with E-state index in [1.54, 1.807) is 6.20 Å². The maximum Gasteiger partial charge on any atom is 0.249 e. The minimum Gasteiger partial charge on any atom is -0.475 e. The van der Waals surface area contributed by atoms with E-state index in [1.165, 1.54) is 0 Å². The molecule has 0 bridgehead atoms. The Morgan fingerprint density at radius 1 is 1.38 bits per heavy atom. The van der Waals surface area contributed by atoms with Crippen LogP contribution in [0.1, 0.15) is 31.0 Å². The highest BCUT2D eigenvalue weighted by molar-refractivity contribution is 5.93. The third-order valence-corrected chi connectivity index (χ3v) is 4.59. The van der Waals surface area contributed by atoms with Gasteiger partial charge in [0.1, 0.15) is 6.61 Å². The third kappa shape index (κ3) is 2.91. The molecule has 3 heterocycles. The van der Waals surface area contributed by atoms with Gasteiger partial charge in [-0.1, -0.05) is 12.1 Å². The Morgan fingerprint density at radius 2 is 2.33 bits per heavy atom. The minimum absolute atomic E-state index is 0.0456. The summed E-state index contributed by atoms with van der Waals surface area (Å²) in [6.07, 6.45) is 10.4. The number of allylic oxidation sites excluding steroid dienone is 1. The molecular weight excluding hydrogens is 304 g/mol. The summed E-state index contributed by atoms with van der Waals surface area (Å²) < 4.78 is 7.92. The maximum atomic E-state index is 12.7. The Hall–Kier alpha value is -2.63. The molecule has 1 aliphatic heterocycles. The molecule has 2 aliphatic rings. The monoisotopic (exact) mass is 324 g/mol. The van der Waals surface area contributed by atoms with Crippen LogP contribution in [-0.4, -0.2) is 38.5 Å². The van der Waals surface area contributed by atoms with Gasteiger partial charge in [0.05, 0.1) is 24.6 Å². The van der Waals surface area contributed by atoms with Crippen LogP contribution in [0.4, 0.5) is 0 Å². The van der Waals surface area contributed by atoms with Crippen molar-refractivity contribution < 1.29 is 9.53 Å². The van der Waals surface area contributed by atoms with Crippen LogP contribution >= 0.6 is 0 Å². The first kappa shape index (κ1) is 14.9. The number of ether oxygens (including phenoxy) is 1. The zero-order chi connectivity index (χ0) is 16.4. The van der Waals surface area contributed by atoms with E-state index in [4.69, 9.17) is 4.74 Å². The molecule has 2 aromatic heterocycles. The first-order chi connectivity index (χ1) is 11.8. The lowest BCUT2D eigenvalue weighted by Crippen LogP contribution is -2.43. The Morgan fingerprint density at radius 3 is 3.12 bits per heavy atom. The largest absolute Gasteiger partial charge is 0.475 e. The summed E-state index contributed by atoms with van der Waals surface area (Å²) in [6, 6.07) is 5.64. The maximum absolute atomic E-state index is 12.7. The van der Waals surface area contributed by atoms with E-state index in [0.29, 0.717) is 25.6 Å². The van der Waals surface area contributed by atoms with Crippen molar-refractivity contribution in [1.82, 2.24) is 19.4 Å². The number of hydrogen-bond acceptors (Lipinski definition) is 4. The van der Waals surface area contributed by atoms with E-state index in [9.17, 15) is 4.79 Å². The summed E-state index contributed by atoms with van der Waals surface area (Å²) in [6.45, 7) is 1.70. The van der Waals surface area contributed by atoms with E-state index in [-0.39, 0.29) is 11.9 Å². The van der Waals surface area contributed by atoms with Gasteiger partial charge in [-0.15, -0.1) is 0 Å². The van der Waals surface area contributed by atoms with Gasteiger partial charge >= 0.3 is 0 Å². The number of fused-ring (bicyclic) bond motifs is 1. The van der Waals surface area contributed by atoms with E-state index >= 15 is 0 Å². The topological polar surface area (TPSA) is 60.2 Å². The molecule has 6 heteroatoms. The quantitative estimate of drug-likeness (QED) is 0.866.